The minimum atomic E-state index is -0.732. The zero-order chi connectivity index (χ0) is 13.9. The standard InChI is InChI=1S/C14H27N3O2.2ClH/c1-17(2)13(5-3-4-6-13)11-16-12(18)14(15)7-9-19-10-8-14;;/h3-11,15H2,1-2H3,(H,16,18);2*1H. The second-order valence-electron chi connectivity index (χ2n) is 6.28. The third kappa shape index (κ3) is 4.70. The summed E-state index contributed by atoms with van der Waals surface area (Å²) in [7, 11) is 4.20. The predicted molar refractivity (Wildman–Crippen MR) is 89.4 cm³/mol. The second kappa shape index (κ2) is 8.53. The highest BCUT2D eigenvalue weighted by Crippen LogP contribution is 2.33. The molecule has 2 rings (SSSR count). The molecule has 3 N–H and O–H groups in total. The molecular formula is C14H29Cl2N3O2. The van der Waals surface area contributed by atoms with E-state index in [0.29, 0.717) is 32.6 Å². The van der Waals surface area contributed by atoms with Crippen LogP contribution in [0.2, 0.25) is 0 Å². The Kier molecular flexibility index (Phi) is 8.50. The molecule has 0 aromatic rings. The number of halogens is 2. The number of nitrogens with one attached hydrogen (secondary N) is 1. The average molecular weight is 342 g/mol. The van der Waals surface area contributed by atoms with Gasteiger partial charge in [0.2, 0.25) is 5.91 Å². The lowest BCUT2D eigenvalue weighted by Gasteiger charge is -2.38. The summed E-state index contributed by atoms with van der Waals surface area (Å²) in [6.45, 7) is 1.88. The van der Waals surface area contributed by atoms with Crippen molar-refractivity contribution in [2.75, 3.05) is 33.9 Å². The summed E-state index contributed by atoms with van der Waals surface area (Å²) in [6.07, 6.45) is 6.04. The molecule has 1 amide bonds. The van der Waals surface area contributed by atoms with Crippen molar-refractivity contribution in [2.45, 2.75) is 49.6 Å². The highest BCUT2D eigenvalue weighted by Gasteiger charge is 2.40. The fraction of sp³-hybridized carbons (Fsp3) is 0.929. The van der Waals surface area contributed by atoms with Crippen LogP contribution in [0.3, 0.4) is 0 Å². The largest absolute Gasteiger partial charge is 0.381 e. The molecule has 0 unspecified atom stereocenters. The van der Waals surface area contributed by atoms with Crippen LogP contribution >= 0.6 is 24.8 Å². The van der Waals surface area contributed by atoms with Crippen LogP contribution in [0.5, 0.6) is 0 Å². The van der Waals surface area contributed by atoms with Crippen molar-refractivity contribution in [3.8, 4) is 0 Å². The number of nitrogens with zero attached hydrogens (tertiary/aromatic N) is 1. The van der Waals surface area contributed by atoms with Crippen molar-refractivity contribution in [2.24, 2.45) is 5.73 Å². The van der Waals surface area contributed by atoms with E-state index in [1.807, 2.05) is 0 Å². The summed E-state index contributed by atoms with van der Waals surface area (Å²) in [6, 6.07) is 0. The van der Waals surface area contributed by atoms with Gasteiger partial charge in [-0.05, 0) is 39.8 Å². The van der Waals surface area contributed by atoms with E-state index in [0.717, 1.165) is 12.8 Å². The number of hydrogen-bond acceptors (Lipinski definition) is 4. The van der Waals surface area contributed by atoms with Crippen LogP contribution in [0.25, 0.3) is 0 Å². The van der Waals surface area contributed by atoms with Crippen molar-refractivity contribution < 1.29 is 9.53 Å². The molecule has 21 heavy (non-hydrogen) atoms. The first-order valence-corrected chi connectivity index (χ1v) is 7.31. The van der Waals surface area contributed by atoms with Gasteiger partial charge in [-0.15, -0.1) is 24.8 Å². The molecule has 2 aliphatic rings. The molecule has 0 atom stereocenters. The molecule has 0 bridgehead atoms. The van der Waals surface area contributed by atoms with E-state index in [-0.39, 0.29) is 36.3 Å². The van der Waals surface area contributed by atoms with E-state index in [1.165, 1.54) is 12.8 Å². The van der Waals surface area contributed by atoms with Gasteiger partial charge < -0.3 is 20.7 Å². The summed E-state index contributed by atoms with van der Waals surface area (Å²) in [5.41, 5.74) is 5.59. The molecule has 0 aromatic carbocycles. The van der Waals surface area contributed by atoms with Crippen LogP contribution < -0.4 is 11.1 Å². The molecule has 7 heteroatoms. The quantitative estimate of drug-likeness (QED) is 0.809. The second-order valence-corrected chi connectivity index (χ2v) is 6.28. The third-order valence-electron chi connectivity index (χ3n) is 4.90. The molecule has 0 radical (unpaired) electrons. The summed E-state index contributed by atoms with van der Waals surface area (Å²) >= 11 is 0. The van der Waals surface area contributed by atoms with Crippen molar-refractivity contribution in [3.63, 3.8) is 0 Å². The van der Waals surface area contributed by atoms with E-state index in [9.17, 15) is 4.79 Å². The molecular weight excluding hydrogens is 313 g/mol. The van der Waals surface area contributed by atoms with Crippen LogP contribution in [0, 0.1) is 0 Å². The van der Waals surface area contributed by atoms with Crippen LogP contribution in [-0.2, 0) is 9.53 Å². The van der Waals surface area contributed by atoms with Crippen LogP contribution in [0.4, 0.5) is 0 Å². The number of carbonyl (C=O) groups excluding carboxylic acids is 1. The summed E-state index contributed by atoms with van der Waals surface area (Å²) in [5, 5.41) is 3.10. The Morgan fingerprint density at radius 2 is 1.67 bits per heavy atom. The molecule has 1 saturated carbocycles. The van der Waals surface area contributed by atoms with Gasteiger partial charge in [0.1, 0.15) is 0 Å². The Labute approximate surface area is 140 Å². The van der Waals surface area contributed by atoms with Gasteiger partial charge >= 0.3 is 0 Å². The molecule has 0 aromatic heterocycles. The van der Waals surface area contributed by atoms with Crippen molar-refractivity contribution in [3.05, 3.63) is 0 Å². The molecule has 1 heterocycles. The Morgan fingerprint density at radius 1 is 1.14 bits per heavy atom. The summed E-state index contributed by atoms with van der Waals surface area (Å²) in [5.74, 6) is -0.0103. The molecule has 1 aliphatic carbocycles. The minimum Gasteiger partial charge on any atom is -0.381 e. The third-order valence-corrected chi connectivity index (χ3v) is 4.90. The Hall–Kier alpha value is -0.0700. The molecule has 126 valence electrons. The number of ether oxygens (including phenoxy) is 1. The first-order chi connectivity index (χ1) is 8.99. The monoisotopic (exact) mass is 341 g/mol. The maximum atomic E-state index is 12.3. The maximum Gasteiger partial charge on any atom is 0.240 e. The number of rotatable bonds is 4. The smallest absolute Gasteiger partial charge is 0.240 e. The van der Waals surface area contributed by atoms with Gasteiger partial charge in [0, 0.05) is 25.3 Å². The minimum absolute atomic E-state index is 0. The fourth-order valence-corrected chi connectivity index (χ4v) is 3.20. The Balaban J connectivity index is 0.00000200. The summed E-state index contributed by atoms with van der Waals surface area (Å²) in [4.78, 5) is 14.6. The van der Waals surface area contributed by atoms with E-state index in [2.05, 4.69) is 24.3 Å². The van der Waals surface area contributed by atoms with Gasteiger partial charge in [-0.25, -0.2) is 0 Å². The van der Waals surface area contributed by atoms with Crippen LogP contribution in [0.1, 0.15) is 38.5 Å². The maximum absolute atomic E-state index is 12.3. The van der Waals surface area contributed by atoms with Crippen molar-refractivity contribution in [1.29, 1.82) is 0 Å². The molecule has 0 spiro atoms. The first-order valence-electron chi connectivity index (χ1n) is 7.31. The highest BCUT2D eigenvalue weighted by molar-refractivity contribution is 5.86. The number of nitrogens with two attached hydrogens (primary N) is 1. The average Bonchev–Trinajstić information content (AvgIpc) is 2.87. The number of hydrogen-bond donors (Lipinski definition) is 2. The zero-order valence-corrected chi connectivity index (χ0v) is 14.7. The summed E-state index contributed by atoms with van der Waals surface area (Å²) < 4.78 is 5.28. The van der Waals surface area contributed by atoms with Crippen molar-refractivity contribution in [1.82, 2.24) is 10.2 Å². The SMILES string of the molecule is CN(C)C1(CNC(=O)C2(N)CCOCC2)CCCC1.Cl.Cl. The molecule has 1 saturated heterocycles. The van der Waals surface area contributed by atoms with Crippen LogP contribution in [0.15, 0.2) is 0 Å². The number of likely N-dealkylation sites (N-methyl/N-ethyl adjacent to an activating group) is 1. The lowest BCUT2D eigenvalue weighted by molar-refractivity contribution is -0.130. The fourth-order valence-electron chi connectivity index (χ4n) is 3.20. The van der Waals surface area contributed by atoms with Crippen LogP contribution in [-0.4, -0.2) is 55.7 Å². The Bertz CT molecular complexity index is 328. The molecule has 2 fully saturated rings. The van der Waals surface area contributed by atoms with Gasteiger partial charge in [0.15, 0.2) is 0 Å². The molecule has 5 nitrogen and oxygen atoms in total. The lowest BCUT2D eigenvalue weighted by atomic mass is 9.89. The first kappa shape index (κ1) is 20.9. The van der Waals surface area contributed by atoms with E-state index in [1.54, 1.807) is 0 Å². The van der Waals surface area contributed by atoms with Gasteiger partial charge in [0.05, 0.1) is 5.54 Å². The van der Waals surface area contributed by atoms with Crippen molar-refractivity contribution >= 4 is 30.7 Å². The normalized spacial score (nSPS) is 23.0. The van der Waals surface area contributed by atoms with Gasteiger partial charge in [-0.3, -0.25) is 4.79 Å². The van der Waals surface area contributed by atoms with Gasteiger partial charge in [0.25, 0.3) is 0 Å². The Morgan fingerprint density at radius 3 is 2.14 bits per heavy atom. The predicted octanol–water partition coefficient (Wildman–Crippen LogP) is 1.33. The number of carbonyl (C=O) groups is 1. The highest BCUT2D eigenvalue weighted by atomic mass is 35.5. The van der Waals surface area contributed by atoms with Gasteiger partial charge in [-0.1, -0.05) is 12.8 Å². The topological polar surface area (TPSA) is 67.6 Å². The number of amides is 1. The van der Waals surface area contributed by atoms with E-state index < -0.39 is 5.54 Å². The van der Waals surface area contributed by atoms with E-state index >= 15 is 0 Å². The zero-order valence-electron chi connectivity index (χ0n) is 13.0. The van der Waals surface area contributed by atoms with E-state index in [4.69, 9.17) is 10.5 Å². The lowest BCUT2D eigenvalue weighted by Crippen LogP contribution is -2.60. The molecule has 1 aliphatic heterocycles. The van der Waals surface area contributed by atoms with Gasteiger partial charge in [-0.2, -0.15) is 0 Å².